The Hall–Kier alpha value is -1.24. The minimum absolute atomic E-state index is 0.254. The third kappa shape index (κ3) is 3.24. The minimum atomic E-state index is 0.254. The molecule has 3 N–H and O–H groups in total. The third-order valence-electron chi connectivity index (χ3n) is 5.21. The molecule has 6 nitrogen and oxygen atoms in total. The highest BCUT2D eigenvalue weighted by molar-refractivity contribution is 5.25. The van der Waals surface area contributed by atoms with Crippen molar-refractivity contribution in [2.45, 2.75) is 50.7 Å². The van der Waals surface area contributed by atoms with Gasteiger partial charge in [0.15, 0.2) is 0 Å². The normalized spacial score (nSPS) is 23.5. The van der Waals surface area contributed by atoms with Crippen LogP contribution >= 0.6 is 0 Å². The molecule has 2 heterocycles. The van der Waals surface area contributed by atoms with Gasteiger partial charge in [0.1, 0.15) is 11.6 Å². The van der Waals surface area contributed by atoms with Crippen LogP contribution < -0.4 is 11.1 Å². The third-order valence-corrected chi connectivity index (χ3v) is 5.21. The molecule has 6 heteroatoms. The van der Waals surface area contributed by atoms with Crippen LogP contribution in [-0.4, -0.2) is 52.8 Å². The van der Waals surface area contributed by atoms with Gasteiger partial charge in [-0.1, -0.05) is 12.8 Å². The fourth-order valence-electron chi connectivity index (χ4n) is 3.95. The van der Waals surface area contributed by atoms with Crippen molar-refractivity contribution in [1.29, 1.82) is 0 Å². The molecule has 1 aliphatic heterocycles. The van der Waals surface area contributed by atoms with Gasteiger partial charge in [0.25, 0.3) is 0 Å². The highest BCUT2D eigenvalue weighted by Crippen LogP contribution is 2.38. The summed E-state index contributed by atoms with van der Waals surface area (Å²) < 4.78 is 5.53. The molecule has 0 spiro atoms. The molecule has 1 unspecified atom stereocenters. The monoisotopic (exact) mass is 305 g/mol. The Morgan fingerprint density at radius 3 is 2.77 bits per heavy atom. The van der Waals surface area contributed by atoms with E-state index in [0.717, 1.165) is 32.1 Å². The molecule has 22 heavy (non-hydrogen) atoms. The molecule has 2 fully saturated rings. The average molecular weight is 305 g/mol. The van der Waals surface area contributed by atoms with Gasteiger partial charge in [-0.15, -0.1) is 0 Å². The maximum absolute atomic E-state index is 5.73. The molecular weight excluding hydrogens is 278 g/mol. The van der Waals surface area contributed by atoms with E-state index in [0.29, 0.717) is 18.4 Å². The first-order valence-electron chi connectivity index (χ1n) is 8.34. The molecule has 1 aromatic heterocycles. The topological polar surface area (TPSA) is 76.3 Å². The van der Waals surface area contributed by atoms with E-state index < -0.39 is 0 Å². The molecule has 1 aliphatic carbocycles. The smallest absolute Gasteiger partial charge is 0.144 e. The van der Waals surface area contributed by atoms with Gasteiger partial charge < -0.3 is 15.8 Å². The van der Waals surface area contributed by atoms with Crippen LogP contribution in [0.4, 0.5) is 5.82 Å². The summed E-state index contributed by atoms with van der Waals surface area (Å²) >= 11 is 0. The highest BCUT2D eigenvalue weighted by atomic mass is 16.5. The lowest BCUT2D eigenvalue weighted by molar-refractivity contribution is -0.0335. The molecule has 0 bridgehead atoms. The molecule has 122 valence electrons. The van der Waals surface area contributed by atoms with Crippen LogP contribution in [0, 0.1) is 0 Å². The maximum Gasteiger partial charge on any atom is 0.144 e. The van der Waals surface area contributed by atoms with E-state index in [2.05, 4.69) is 27.1 Å². The van der Waals surface area contributed by atoms with Crippen molar-refractivity contribution in [3.8, 4) is 0 Å². The van der Waals surface area contributed by atoms with Gasteiger partial charge in [-0.05, 0) is 25.8 Å². The molecule has 1 saturated carbocycles. The molecule has 0 radical (unpaired) electrons. The lowest BCUT2D eigenvalue weighted by Crippen LogP contribution is -2.61. The van der Waals surface area contributed by atoms with Crippen molar-refractivity contribution in [2.24, 2.45) is 0 Å². The van der Waals surface area contributed by atoms with Gasteiger partial charge >= 0.3 is 0 Å². The molecule has 1 aromatic rings. The number of ether oxygens (including phenoxy) is 1. The van der Waals surface area contributed by atoms with E-state index in [1.165, 1.54) is 25.7 Å². The Balaban J connectivity index is 1.66. The van der Waals surface area contributed by atoms with Crippen LogP contribution in [0.1, 0.15) is 38.4 Å². The number of nitrogens with zero attached hydrogens (tertiary/aromatic N) is 3. The van der Waals surface area contributed by atoms with E-state index in [1.807, 2.05) is 0 Å². The summed E-state index contributed by atoms with van der Waals surface area (Å²) in [5.74, 6) is 1.30. The molecular formula is C16H27N5O. The summed E-state index contributed by atoms with van der Waals surface area (Å²) in [6.07, 6.45) is 6.88. The van der Waals surface area contributed by atoms with Gasteiger partial charge in [-0.3, -0.25) is 4.90 Å². The van der Waals surface area contributed by atoms with Crippen molar-refractivity contribution in [1.82, 2.24) is 20.2 Å². The lowest BCUT2D eigenvalue weighted by atomic mass is 9.86. The van der Waals surface area contributed by atoms with Crippen molar-refractivity contribution in [3.05, 3.63) is 18.1 Å². The largest absolute Gasteiger partial charge is 0.384 e. The van der Waals surface area contributed by atoms with Crippen molar-refractivity contribution in [2.75, 3.05) is 32.0 Å². The van der Waals surface area contributed by atoms with E-state index in [-0.39, 0.29) is 5.54 Å². The number of rotatable bonds is 5. The maximum atomic E-state index is 5.73. The van der Waals surface area contributed by atoms with Crippen molar-refractivity contribution >= 4 is 5.82 Å². The molecule has 0 aromatic carbocycles. The van der Waals surface area contributed by atoms with Crippen LogP contribution in [0.15, 0.2) is 12.3 Å². The van der Waals surface area contributed by atoms with Crippen molar-refractivity contribution in [3.63, 3.8) is 0 Å². The minimum Gasteiger partial charge on any atom is -0.384 e. The van der Waals surface area contributed by atoms with Crippen LogP contribution in [0.5, 0.6) is 0 Å². The van der Waals surface area contributed by atoms with Gasteiger partial charge in [-0.2, -0.15) is 0 Å². The summed E-state index contributed by atoms with van der Waals surface area (Å²) in [5, 5.41) is 3.64. The van der Waals surface area contributed by atoms with E-state index >= 15 is 0 Å². The molecule has 1 saturated heterocycles. The number of anilines is 1. The number of nitrogens with one attached hydrogen (secondary N) is 1. The number of aromatic nitrogens is 2. The average Bonchev–Trinajstić information content (AvgIpc) is 3.04. The fraction of sp³-hybridized carbons (Fsp3) is 0.750. The summed E-state index contributed by atoms with van der Waals surface area (Å²) in [7, 11) is 0. The summed E-state index contributed by atoms with van der Waals surface area (Å²) in [5.41, 5.74) is 5.98. The Morgan fingerprint density at radius 1 is 1.36 bits per heavy atom. The fourth-order valence-corrected chi connectivity index (χ4v) is 3.95. The Bertz CT molecular complexity index is 483. The first-order chi connectivity index (χ1) is 10.7. The molecule has 1 atom stereocenters. The van der Waals surface area contributed by atoms with Crippen LogP contribution in [0.25, 0.3) is 0 Å². The van der Waals surface area contributed by atoms with Gasteiger partial charge in [-0.25, -0.2) is 9.97 Å². The number of hydrogen-bond acceptors (Lipinski definition) is 6. The van der Waals surface area contributed by atoms with Crippen molar-refractivity contribution < 1.29 is 4.74 Å². The van der Waals surface area contributed by atoms with Crippen LogP contribution in [0.2, 0.25) is 0 Å². The van der Waals surface area contributed by atoms with Gasteiger partial charge in [0.2, 0.25) is 0 Å². The predicted octanol–water partition coefficient (Wildman–Crippen LogP) is 1.18. The van der Waals surface area contributed by atoms with E-state index in [4.69, 9.17) is 10.5 Å². The zero-order valence-electron chi connectivity index (χ0n) is 13.4. The Kier molecular flexibility index (Phi) is 4.90. The summed E-state index contributed by atoms with van der Waals surface area (Å²) in [6, 6.07) is 2.12. The number of nitrogens with two attached hydrogens (primary N) is 1. The van der Waals surface area contributed by atoms with Crippen LogP contribution in [0.3, 0.4) is 0 Å². The van der Waals surface area contributed by atoms with Gasteiger partial charge in [0, 0.05) is 30.9 Å². The number of morpholine rings is 1. The van der Waals surface area contributed by atoms with E-state index in [9.17, 15) is 0 Å². The molecule has 2 aliphatic rings. The quantitative estimate of drug-likeness (QED) is 0.851. The zero-order chi connectivity index (χ0) is 15.4. The first-order valence-corrected chi connectivity index (χ1v) is 8.34. The summed E-state index contributed by atoms with van der Waals surface area (Å²) in [6.45, 7) is 6.76. The number of nitrogen functional groups attached to an aromatic ring is 1. The first kappa shape index (κ1) is 15.6. The molecule has 3 rings (SSSR count). The van der Waals surface area contributed by atoms with Gasteiger partial charge in [0.05, 0.1) is 19.8 Å². The standard InChI is InChI=1S/C16H27N5O/c1-13(19-12-15-18-7-4-14(17)20-15)16(5-2-3-6-16)21-8-10-22-11-9-21/h4,7,13,19H,2-3,5-6,8-12H2,1H3,(H2,17,18,20). The molecule has 0 amide bonds. The SMILES string of the molecule is CC(NCc1nccc(N)n1)C1(N2CCOCC2)CCCC1. The Labute approximate surface area is 132 Å². The second-order valence-corrected chi connectivity index (χ2v) is 6.41. The number of hydrogen-bond donors (Lipinski definition) is 2. The second-order valence-electron chi connectivity index (χ2n) is 6.41. The van der Waals surface area contributed by atoms with Crippen LogP contribution in [-0.2, 0) is 11.3 Å². The highest BCUT2D eigenvalue weighted by Gasteiger charge is 2.44. The lowest BCUT2D eigenvalue weighted by Gasteiger charge is -2.47. The zero-order valence-corrected chi connectivity index (χ0v) is 13.4. The van der Waals surface area contributed by atoms with E-state index in [1.54, 1.807) is 12.3 Å². The predicted molar refractivity (Wildman–Crippen MR) is 86.3 cm³/mol. The second kappa shape index (κ2) is 6.89. The Morgan fingerprint density at radius 2 is 2.09 bits per heavy atom. The summed E-state index contributed by atoms with van der Waals surface area (Å²) in [4.78, 5) is 11.2.